The Morgan fingerprint density at radius 1 is 1.00 bits per heavy atom. The number of ether oxygens (including phenoxy) is 5. The predicted molar refractivity (Wildman–Crippen MR) is 104 cm³/mol. The lowest BCUT2D eigenvalue weighted by molar-refractivity contribution is -0.298. The summed E-state index contributed by atoms with van der Waals surface area (Å²) in [7, 11) is 0. The van der Waals surface area contributed by atoms with Crippen molar-refractivity contribution in [3.63, 3.8) is 0 Å². The second-order valence-corrected chi connectivity index (χ2v) is 7.30. The molecule has 0 radical (unpaired) electrons. The van der Waals surface area contributed by atoms with Gasteiger partial charge < -0.3 is 44.3 Å². The van der Waals surface area contributed by atoms with Gasteiger partial charge >= 0.3 is 29.8 Å². The highest BCUT2D eigenvalue weighted by Crippen LogP contribution is 2.34. The van der Waals surface area contributed by atoms with Gasteiger partial charge in [-0.25, -0.2) is 4.79 Å². The lowest BCUT2D eigenvalue weighted by Gasteiger charge is -2.46. The first kappa shape index (κ1) is 28.7. The zero-order chi connectivity index (χ0) is 26.2. The standard InChI is InChI=1S/C19H27NO14/c1-8(22)30-7-13(32-10(3)24)16(33-11(4)25)17-15(20-14(26)6-21)12(31-9(2)23)5-19(29,34-17)18(27)28/h12-13,15-17,21,29H,5-7H2,1-4H3,(H,20,26)(H,27,28)/t12-,13?,15+,16?,17+,19?/m0/s1. The number of esters is 4. The molecule has 15 nitrogen and oxygen atoms in total. The van der Waals surface area contributed by atoms with Gasteiger partial charge in [-0.3, -0.25) is 24.0 Å². The van der Waals surface area contributed by atoms with Crippen LogP contribution in [0.3, 0.4) is 0 Å². The molecule has 0 aliphatic carbocycles. The van der Waals surface area contributed by atoms with Crippen molar-refractivity contribution in [3.05, 3.63) is 0 Å². The average molecular weight is 493 g/mol. The van der Waals surface area contributed by atoms with Crippen molar-refractivity contribution in [2.45, 2.75) is 70.4 Å². The van der Waals surface area contributed by atoms with Crippen LogP contribution < -0.4 is 5.32 Å². The van der Waals surface area contributed by atoms with Crippen LogP contribution in [0.15, 0.2) is 0 Å². The molecule has 4 N–H and O–H groups in total. The Morgan fingerprint density at radius 2 is 1.59 bits per heavy atom. The number of carbonyl (C=O) groups excluding carboxylic acids is 5. The Hall–Kier alpha value is -3.30. The van der Waals surface area contributed by atoms with E-state index in [4.69, 9.17) is 28.8 Å². The molecule has 0 saturated carbocycles. The van der Waals surface area contributed by atoms with Gasteiger partial charge in [0, 0.05) is 27.7 Å². The minimum atomic E-state index is -3.01. The highest BCUT2D eigenvalue weighted by molar-refractivity contribution is 5.78. The van der Waals surface area contributed by atoms with E-state index in [1.165, 1.54) is 0 Å². The average Bonchev–Trinajstić information content (AvgIpc) is 2.70. The summed E-state index contributed by atoms with van der Waals surface area (Å²) < 4.78 is 25.4. The van der Waals surface area contributed by atoms with Crippen molar-refractivity contribution in [2.75, 3.05) is 13.2 Å². The van der Waals surface area contributed by atoms with E-state index in [0.29, 0.717) is 0 Å². The Morgan fingerprint density at radius 3 is 2.03 bits per heavy atom. The molecule has 0 spiro atoms. The largest absolute Gasteiger partial charge is 0.477 e. The smallest absolute Gasteiger partial charge is 0.364 e. The SMILES string of the molecule is CC(=O)OCC(OC(C)=O)C(OC(C)=O)[C@@H]1OC(O)(C(=O)O)C[C@H](OC(C)=O)[C@H]1NC(=O)CO. The van der Waals surface area contributed by atoms with E-state index >= 15 is 0 Å². The van der Waals surface area contributed by atoms with Gasteiger partial charge in [0.2, 0.25) is 5.91 Å². The van der Waals surface area contributed by atoms with Crippen molar-refractivity contribution in [2.24, 2.45) is 0 Å². The quantitative estimate of drug-likeness (QED) is 0.181. The van der Waals surface area contributed by atoms with Gasteiger partial charge in [-0.1, -0.05) is 0 Å². The summed E-state index contributed by atoms with van der Waals surface area (Å²) in [5.41, 5.74) is 0. The number of carboxylic acids is 1. The Bertz CT molecular complexity index is 813. The highest BCUT2D eigenvalue weighted by atomic mass is 16.7. The molecular weight excluding hydrogens is 466 g/mol. The maximum Gasteiger partial charge on any atom is 0.364 e. The molecule has 1 fully saturated rings. The normalized spacial score (nSPS) is 25.8. The fourth-order valence-electron chi connectivity index (χ4n) is 3.26. The van der Waals surface area contributed by atoms with Gasteiger partial charge in [-0.15, -0.1) is 0 Å². The molecular formula is C19H27NO14. The van der Waals surface area contributed by atoms with Crippen molar-refractivity contribution in [3.8, 4) is 0 Å². The predicted octanol–water partition coefficient (Wildman–Crippen LogP) is -2.62. The Kier molecular flexibility index (Phi) is 10.3. The van der Waals surface area contributed by atoms with Gasteiger partial charge in [-0.05, 0) is 0 Å². The number of aliphatic hydroxyl groups is 2. The first-order valence-electron chi connectivity index (χ1n) is 9.89. The monoisotopic (exact) mass is 493 g/mol. The summed E-state index contributed by atoms with van der Waals surface area (Å²) in [4.78, 5) is 70.2. The lowest BCUT2D eigenvalue weighted by atomic mass is 9.88. The number of carbonyl (C=O) groups is 6. The number of carboxylic acid groups (broad SMARTS) is 1. The van der Waals surface area contributed by atoms with Crippen molar-refractivity contribution in [1.82, 2.24) is 5.32 Å². The summed E-state index contributed by atoms with van der Waals surface area (Å²) in [5.74, 6) is -9.60. The molecule has 34 heavy (non-hydrogen) atoms. The second-order valence-electron chi connectivity index (χ2n) is 7.30. The molecule has 15 heteroatoms. The second kappa shape index (κ2) is 12.2. The first-order valence-corrected chi connectivity index (χ1v) is 9.89. The zero-order valence-electron chi connectivity index (χ0n) is 18.8. The van der Waals surface area contributed by atoms with E-state index in [2.05, 4.69) is 5.32 Å². The molecule has 0 aromatic carbocycles. The van der Waals surface area contributed by atoms with Gasteiger partial charge in [-0.2, -0.15) is 0 Å². The maximum atomic E-state index is 12.0. The minimum absolute atomic E-state index is 0.697. The van der Waals surface area contributed by atoms with Crippen LogP contribution in [0.25, 0.3) is 0 Å². The molecule has 0 aromatic heterocycles. The fraction of sp³-hybridized carbons (Fsp3) is 0.684. The van der Waals surface area contributed by atoms with Crippen molar-refractivity contribution < 1.29 is 67.8 Å². The van der Waals surface area contributed by atoms with Crippen LogP contribution in [-0.4, -0.2) is 101 Å². The molecule has 1 saturated heterocycles. The van der Waals surface area contributed by atoms with Crippen LogP contribution in [0.1, 0.15) is 34.1 Å². The topological polar surface area (TPSA) is 221 Å². The van der Waals surface area contributed by atoms with Crippen molar-refractivity contribution in [1.29, 1.82) is 0 Å². The van der Waals surface area contributed by atoms with Crippen LogP contribution in [0.4, 0.5) is 0 Å². The maximum absolute atomic E-state index is 12.0. The van der Waals surface area contributed by atoms with Crippen molar-refractivity contribution >= 4 is 35.8 Å². The fourth-order valence-corrected chi connectivity index (χ4v) is 3.26. The molecule has 0 aromatic rings. The Labute approximate surface area is 193 Å². The number of hydrogen-bond acceptors (Lipinski definition) is 13. The third-order valence-corrected chi connectivity index (χ3v) is 4.45. The molecule has 1 rings (SSSR count). The van der Waals surface area contributed by atoms with E-state index in [1.807, 2.05) is 0 Å². The number of hydrogen-bond donors (Lipinski definition) is 4. The zero-order valence-corrected chi connectivity index (χ0v) is 18.8. The molecule has 1 amide bonds. The van der Waals surface area contributed by atoms with E-state index in [0.717, 1.165) is 27.7 Å². The highest BCUT2D eigenvalue weighted by Gasteiger charge is 2.57. The molecule has 3 unspecified atom stereocenters. The van der Waals surface area contributed by atoms with Gasteiger partial charge in [0.25, 0.3) is 5.79 Å². The molecule has 1 aliphatic heterocycles. The molecule has 1 heterocycles. The number of aliphatic hydroxyl groups excluding tert-OH is 1. The molecule has 0 bridgehead atoms. The van der Waals surface area contributed by atoms with E-state index in [9.17, 15) is 39.0 Å². The first-order chi connectivity index (χ1) is 15.7. The molecule has 1 aliphatic rings. The van der Waals surface area contributed by atoms with Gasteiger partial charge in [0.15, 0.2) is 12.2 Å². The summed E-state index contributed by atoms with van der Waals surface area (Å²) >= 11 is 0. The summed E-state index contributed by atoms with van der Waals surface area (Å²) in [6, 6.07) is -1.53. The minimum Gasteiger partial charge on any atom is -0.477 e. The van der Waals surface area contributed by atoms with E-state index in [1.54, 1.807) is 0 Å². The van der Waals surface area contributed by atoms with Gasteiger partial charge in [0.1, 0.15) is 25.4 Å². The summed E-state index contributed by atoms with van der Waals surface area (Å²) in [6.07, 6.45) is -7.70. The third kappa shape index (κ3) is 8.24. The lowest BCUT2D eigenvalue weighted by Crippen LogP contribution is -2.69. The molecule has 6 atom stereocenters. The number of amides is 1. The Balaban J connectivity index is 3.63. The van der Waals surface area contributed by atoms with E-state index in [-0.39, 0.29) is 0 Å². The number of nitrogens with one attached hydrogen (secondary N) is 1. The summed E-state index contributed by atoms with van der Waals surface area (Å²) in [5, 5.41) is 31.5. The van der Waals surface area contributed by atoms with Crippen LogP contribution >= 0.6 is 0 Å². The third-order valence-electron chi connectivity index (χ3n) is 4.45. The van der Waals surface area contributed by atoms with Crippen LogP contribution in [0.5, 0.6) is 0 Å². The number of aliphatic carboxylic acids is 1. The molecule has 192 valence electrons. The number of rotatable bonds is 10. The van der Waals surface area contributed by atoms with Gasteiger partial charge in [0.05, 0.1) is 12.5 Å². The summed E-state index contributed by atoms with van der Waals surface area (Å²) in [6.45, 7) is 2.19. The van der Waals surface area contributed by atoms with Crippen LogP contribution in [0, 0.1) is 0 Å². The van der Waals surface area contributed by atoms with Crippen LogP contribution in [0.2, 0.25) is 0 Å². The van der Waals surface area contributed by atoms with E-state index < -0.39 is 91.6 Å². The van der Waals surface area contributed by atoms with Crippen LogP contribution in [-0.2, 0) is 52.5 Å².